The molecule has 7 unspecified atom stereocenters. The second kappa shape index (κ2) is 12.1. The van der Waals surface area contributed by atoms with Crippen LogP contribution in [0.1, 0.15) is 139 Å². The van der Waals surface area contributed by atoms with E-state index < -0.39 is 0 Å². The van der Waals surface area contributed by atoms with Crippen LogP contribution in [0.4, 0.5) is 0 Å². The molecule has 0 aromatic heterocycles. The second-order valence-corrected chi connectivity index (χ2v) is 16.2. The minimum Gasteiger partial charge on any atom is -0.376 e. The smallest absolute Gasteiger partial charge is 0.0704 e. The van der Waals surface area contributed by atoms with Gasteiger partial charge in [0, 0.05) is 5.54 Å². The van der Waals surface area contributed by atoms with Crippen molar-refractivity contribution in [2.24, 2.45) is 51.6 Å². The Balaban J connectivity index is 1.37. The van der Waals surface area contributed by atoms with Gasteiger partial charge in [0.15, 0.2) is 0 Å². The molecule has 0 spiro atoms. The lowest BCUT2D eigenvalue weighted by atomic mass is 9.44. The first-order chi connectivity index (χ1) is 18.3. The van der Waals surface area contributed by atoms with Crippen LogP contribution in [-0.4, -0.2) is 31.0 Å². The largest absolute Gasteiger partial charge is 0.376 e. The van der Waals surface area contributed by atoms with Crippen molar-refractivity contribution in [2.75, 3.05) is 13.2 Å². The molecule has 0 aromatic carbocycles. The van der Waals surface area contributed by atoms with Gasteiger partial charge in [0.1, 0.15) is 0 Å². The first-order valence-corrected chi connectivity index (χ1v) is 17.0. The molecule has 4 aliphatic carbocycles. The summed E-state index contributed by atoms with van der Waals surface area (Å²) in [6.45, 7) is 23.0. The van der Waals surface area contributed by atoms with Gasteiger partial charge in [-0.3, -0.25) is 0 Å². The van der Waals surface area contributed by atoms with Crippen LogP contribution in [-0.2, 0) is 9.47 Å². The Hall–Kier alpha value is -0.380. The van der Waals surface area contributed by atoms with E-state index in [1.165, 1.54) is 51.4 Å². The average Bonchev–Trinajstić information content (AvgIpc) is 3.24. The van der Waals surface area contributed by atoms with Gasteiger partial charge >= 0.3 is 0 Å². The molecule has 0 radical (unpaired) electrons. The SMILES string of the molecule is CCC(C)(C)[C@H](C)OCCOC1CCC2(C)C(=CCC3(N)C2CCC2(C)C([C@H](C)CCCC(C)C)CCC23)C1. The van der Waals surface area contributed by atoms with Gasteiger partial charge in [-0.05, 0) is 111 Å². The van der Waals surface area contributed by atoms with Crippen molar-refractivity contribution in [2.45, 2.75) is 157 Å². The molecule has 4 aliphatic rings. The highest BCUT2D eigenvalue weighted by atomic mass is 16.5. The van der Waals surface area contributed by atoms with E-state index in [2.05, 4.69) is 68.4 Å². The lowest BCUT2D eigenvalue weighted by Gasteiger charge is -2.63. The summed E-state index contributed by atoms with van der Waals surface area (Å²) in [7, 11) is 0. The van der Waals surface area contributed by atoms with Crippen molar-refractivity contribution in [1.82, 2.24) is 0 Å². The number of hydrogen-bond donors (Lipinski definition) is 1. The van der Waals surface area contributed by atoms with Crippen molar-refractivity contribution >= 4 is 0 Å². The first kappa shape index (κ1) is 31.6. The monoisotopic (exact) mass is 544 g/mol. The molecule has 0 heterocycles. The maximum absolute atomic E-state index is 7.64. The Kier molecular flexibility index (Phi) is 9.77. The quantitative estimate of drug-likeness (QED) is 0.197. The summed E-state index contributed by atoms with van der Waals surface area (Å²) in [6.07, 6.45) is 18.5. The molecule has 2 N–H and O–H groups in total. The van der Waals surface area contributed by atoms with Crippen LogP contribution in [0.3, 0.4) is 0 Å². The number of rotatable bonds is 12. The number of ether oxygens (including phenoxy) is 2. The molecule has 0 saturated heterocycles. The van der Waals surface area contributed by atoms with Gasteiger partial charge < -0.3 is 15.2 Å². The predicted molar refractivity (Wildman–Crippen MR) is 166 cm³/mol. The van der Waals surface area contributed by atoms with Crippen LogP contribution in [0.5, 0.6) is 0 Å². The molecule has 226 valence electrons. The van der Waals surface area contributed by atoms with Gasteiger partial charge in [-0.1, -0.05) is 86.3 Å². The van der Waals surface area contributed by atoms with Crippen molar-refractivity contribution in [3.8, 4) is 0 Å². The van der Waals surface area contributed by atoms with Crippen LogP contribution >= 0.6 is 0 Å². The number of fused-ring (bicyclic) bond motifs is 5. The van der Waals surface area contributed by atoms with Crippen LogP contribution in [0.15, 0.2) is 11.6 Å². The molecular formula is C36H65NO2. The molecule has 0 amide bonds. The van der Waals surface area contributed by atoms with Crippen molar-refractivity contribution in [3.05, 3.63) is 11.6 Å². The third-order valence-electron chi connectivity index (χ3n) is 13.3. The highest BCUT2D eigenvalue weighted by molar-refractivity contribution is 5.30. The van der Waals surface area contributed by atoms with Crippen LogP contribution in [0, 0.1) is 45.8 Å². The van der Waals surface area contributed by atoms with Gasteiger partial charge in [0.25, 0.3) is 0 Å². The molecule has 0 bridgehead atoms. The summed E-state index contributed by atoms with van der Waals surface area (Å²) in [6, 6.07) is 0. The van der Waals surface area contributed by atoms with E-state index in [-0.39, 0.29) is 22.5 Å². The molecule has 3 nitrogen and oxygen atoms in total. The summed E-state index contributed by atoms with van der Waals surface area (Å²) in [5.74, 6) is 3.81. The van der Waals surface area contributed by atoms with Crippen molar-refractivity contribution in [3.63, 3.8) is 0 Å². The minimum atomic E-state index is -0.0264. The Morgan fingerprint density at radius 3 is 2.41 bits per heavy atom. The van der Waals surface area contributed by atoms with Gasteiger partial charge in [-0.15, -0.1) is 0 Å². The minimum absolute atomic E-state index is 0.0264. The normalized spacial score (nSPS) is 40.0. The standard InChI is InChI=1S/C36H65NO2/c1-10-33(6,7)27(5)38-22-23-39-29-17-19-34(8)28(24-29)16-21-36(37)31-15-14-30(26(4)13-11-12-25(2)3)35(31,9)20-18-32(34)36/h16,25-27,29-32H,10-15,17-24,37H2,1-9H3/t26-,27+,29?,30?,31?,32?,34?,35?,36?/m1/s1. The zero-order valence-electron chi connectivity index (χ0n) is 27.4. The van der Waals surface area contributed by atoms with E-state index in [0.717, 1.165) is 43.4 Å². The molecule has 4 rings (SSSR count). The first-order valence-electron chi connectivity index (χ1n) is 17.0. The lowest BCUT2D eigenvalue weighted by Crippen LogP contribution is -2.66. The second-order valence-electron chi connectivity index (χ2n) is 16.2. The molecule has 39 heavy (non-hydrogen) atoms. The van der Waals surface area contributed by atoms with Gasteiger partial charge in [0.05, 0.1) is 25.4 Å². The van der Waals surface area contributed by atoms with E-state index in [0.29, 0.717) is 36.6 Å². The van der Waals surface area contributed by atoms with Crippen molar-refractivity contribution in [1.29, 1.82) is 0 Å². The third-order valence-corrected chi connectivity index (χ3v) is 13.3. The maximum atomic E-state index is 7.64. The maximum Gasteiger partial charge on any atom is 0.0704 e. The summed E-state index contributed by atoms with van der Waals surface area (Å²) in [4.78, 5) is 0. The molecule has 0 aliphatic heterocycles. The highest BCUT2D eigenvalue weighted by Crippen LogP contribution is 2.68. The van der Waals surface area contributed by atoms with Crippen LogP contribution in [0.2, 0.25) is 0 Å². The fourth-order valence-electron chi connectivity index (χ4n) is 9.96. The van der Waals surface area contributed by atoms with Gasteiger partial charge in [-0.25, -0.2) is 0 Å². The van der Waals surface area contributed by atoms with Crippen LogP contribution < -0.4 is 5.73 Å². The summed E-state index contributed by atoms with van der Waals surface area (Å²) in [5, 5.41) is 0. The Morgan fingerprint density at radius 1 is 0.974 bits per heavy atom. The van der Waals surface area contributed by atoms with Gasteiger partial charge in [-0.2, -0.15) is 0 Å². The van der Waals surface area contributed by atoms with E-state index in [1.54, 1.807) is 5.57 Å². The lowest BCUT2D eigenvalue weighted by molar-refractivity contribution is -0.0870. The fraction of sp³-hybridized carbons (Fsp3) is 0.944. The molecule has 3 fully saturated rings. The Bertz CT molecular complexity index is 849. The molecule has 0 aromatic rings. The van der Waals surface area contributed by atoms with E-state index in [4.69, 9.17) is 15.2 Å². The van der Waals surface area contributed by atoms with Crippen molar-refractivity contribution < 1.29 is 9.47 Å². The molecular weight excluding hydrogens is 478 g/mol. The highest BCUT2D eigenvalue weighted by Gasteiger charge is 2.64. The van der Waals surface area contributed by atoms with E-state index >= 15 is 0 Å². The topological polar surface area (TPSA) is 44.5 Å². The van der Waals surface area contributed by atoms with Gasteiger partial charge in [0.2, 0.25) is 0 Å². The molecule has 9 atom stereocenters. The number of hydrogen-bond acceptors (Lipinski definition) is 3. The Labute approximate surface area is 242 Å². The molecule has 3 heteroatoms. The zero-order chi connectivity index (χ0) is 28.6. The number of nitrogens with two attached hydrogens (primary N) is 1. The van der Waals surface area contributed by atoms with Crippen LogP contribution in [0.25, 0.3) is 0 Å². The summed E-state index contributed by atoms with van der Waals surface area (Å²) >= 11 is 0. The zero-order valence-corrected chi connectivity index (χ0v) is 27.4. The van der Waals surface area contributed by atoms with E-state index in [9.17, 15) is 0 Å². The third kappa shape index (κ3) is 6.08. The Morgan fingerprint density at radius 2 is 1.72 bits per heavy atom. The average molecular weight is 544 g/mol. The molecule has 3 saturated carbocycles. The predicted octanol–water partition coefficient (Wildman–Crippen LogP) is 9.34. The summed E-state index contributed by atoms with van der Waals surface area (Å²) in [5.41, 5.74) is 10.2. The summed E-state index contributed by atoms with van der Waals surface area (Å²) < 4.78 is 12.6. The fourth-order valence-corrected chi connectivity index (χ4v) is 9.96. The van der Waals surface area contributed by atoms with E-state index in [1.807, 2.05) is 0 Å².